The predicted molar refractivity (Wildman–Crippen MR) is 80.5 cm³/mol. The third-order valence-corrected chi connectivity index (χ3v) is 4.26. The molecule has 0 unspecified atom stereocenters. The van der Waals surface area contributed by atoms with Crippen LogP contribution < -0.4 is 10.2 Å². The molecule has 0 aliphatic heterocycles. The fraction of sp³-hybridized carbons (Fsp3) is 0.400. The lowest BCUT2D eigenvalue weighted by Crippen LogP contribution is -2.22. The Balaban J connectivity index is 1.75. The van der Waals surface area contributed by atoms with Crippen molar-refractivity contribution in [3.05, 3.63) is 46.0 Å². The molecule has 1 N–H and O–H groups in total. The largest absolute Gasteiger partial charge is 0.354 e. The second-order valence-corrected chi connectivity index (χ2v) is 6.26. The highest BCUT2D eigenvalue weighted by molar-refractivity contribution is 7.09. The van der Waals surface area contributed by atoms with E-state index < -0.39 is 0 Å². The van der Waals surface area contributed by atoms with E-state index in [1.807, 2.05) is 13.1 Å². The molecule has 0 aromatic carbocycles. The number of pyridine rings is 1. The zero-order chi connectivity index (χ0) is 13.9. The van der Waals surface area contributed by atoms with Gasteiger partial charge in [-0.1, -0.05) is 6.07 Å². The summed E-state index contributed by atoms with van der Waals surface area (Å²) in [4.78, 5) is 7.63. The fourth-order valence-electron chi connectivity index (χ4n) is 2.20. The van der Waals surface area contributed by atoms with Gasteiger partial charge in [-0.3, -0.25) is 0 Å². The monoisotopic (exact) mass is 291 g/mol. The fourth-order valence-corrected chi connectivity index (χ4v) is 2.96. The highest BCUT2D eigenvalue weighted by Gasteiger charge is 2.21. The first-order valence-electron chi connectivity index (χ1n) is 6.83. The van der Waals surface area contributed by atoms with E-state index in [2.05, 4.69) is 26.6 Å². The molecule has 1 saturated carbocycles. The van der Waals surface area contributed by atoms with Crippen molar-refractivity contribution < 1.29 is 4.39 Å². The third-order valence-electron chi connectivity index (χ3n) is 3.40. The lowest BCUT2D eigenvalue weighted by atomic mass is 10.2. The Labute approximate surface area is 122 Å². The van der Waals surface area contributed by atoms with Crippen LogP contribution in [0.25, 0.3) is 0 Å². The summed E-state index contributed by atoms with van der Waals surface area (Å²) < 4.78 is 13.4. The third kappa shape index (κ3) is 3.35. The zero-order valence-corrected chi connectivity index (χ0v) is 12.3. The van der Waals surface area contributed by atoms with Crippen molar-refractivity contribution in [3.8, 4) is 0 Å². The Bertz CT molecular complexity index is 567. The highest BCUT2D eigenvalue weighted by Crippen LogP contribution is 2.23. The summed E-state index contributed by atoms with van der Waals surface area (Å²) in [6.07, 6.45) is 3.74. The summed E-state index contributed by atoms with van der Waals surface area (Å²) in [5, 5.41) is 5.49. The number of nitrogens with zero attached hydrogens (tertiary/aromatic N) is 2. The van der Waals surface area contributed by atoms with Crippen molar-refractivity contribution in [2.24, 2.45) is 0 Å². The average molecular weight is 291 g/mol. The number of anilines is 1. The molecule has 2 heterocycles. The van der Waals surface area contributed by atoms with Crippen molar-refractivity contribution in [2.75, 3.05) is 11.9 Å². The molecule has 0 radical (unpaired) electrons. The van der Waals surface area contributed by atoms with Crippen LogP contribution in [0, 0.1) is 5.82 Å². The van der Waals surface area contributed by atoms with Gasteiger partial charge in [0.05, 0.1) is 12.7 Å². The van der Waals surface area contributed by atoms with Gasteiger partial charge in [0.25, 0.3) is 0 Å². The molecular formula is C15H18FN3S. The molecule has 1 aliphatic rings. The van der Waals surface area contributed by atoms with E-state index in [0.29, 0.717) is 12.6 Å². The summed E-state index contributed by atoms with van der Waals surface area (Å²) in [5.41, 5.74) is 0.927. The number of thiophene rings is 1. The quantitative estimate of drug-likeness (QED) is 0.886. The van der Waals surface area contributed by atoms with Gasteiger partial charge < -0.3 is 10.2 Å². The minimum absolute atomic E-state index is 0.272. The number of rotatable bonds is 6. The minimum atomic E-state index is -0.272. The molecule has 0 bridgehead atoms. The molecule has 2 aromatic rings. The molecule has 0 spiro atoms. The summed E-state index contributed by atoms with van der Waals surface area (Å²) in [5.74, 6) is 0.582. The van der Waals surface area contributed by atoms with Gasteiger partial charge in [-0.15, -0.1) is 11.3 Å². The Morgan fingerprint density at radius 2 is 2.35 bits per heavy atom. The lowest BCUT2D eigenvalue weighted by Gasteiger charge is -2.21. The molecule has 5 heteroatoms. The van der Waals surface area contributed by atoms with E-state index in [0.717, 1.165) is 17.9 Å². The van der Waals surface area contributed by atoms with Gasteiger partial charge in [-0.2, -0.15) is 0 Å². The molecule has 20 heavy (non-hydrogen) atoms. The second-order valence-electron chi connectivity index (χ2n) is 5.23. The Kier molecular flexibility index (Phi) is 3.98. The molecule has 3 nitrogen and oxygen atoms in total. The van der Waals surface area contributed by atoms with E-state index in [-0.39, 0.29) is 5.82 Å². The van der Waals surface area contributed by atoms with E-state index in [4.69, 9.17) is 0 Å². The van der Waals surface area contributed by atoms with Crippen LogP contribution in [0.3, 0.4) is 0 Å². The van der Waals surface area contributed by atoms with E-state index in [9.17, 15) is 4.39 Å². The van der Waals surface area contributed by atoms with Crippen LogP contribution in [0.5, 0.6) is 0 Å². The standard InChI is InChI=1S/C15H18FN3S/c1-19(10-14-3-2-6-20-14)15-11(7-12(16)9-18-15)8-17-13-4-5-13/h2-3,6-7,9,13,17H,4-5,8,10H2,1H3. The summed E-state index contributed by atoms with van der Waals surface area (Å²) >= 11 is 1.72. The van der Waals surface area contributed by atoms with Crippen LogP contribution >= 0.6 is 11.3 Å². The average Bonchev–Trinajstić information content (AvgIpc) is 3.13. The van der Waals surface area contributed by atoms with Crippen LogP contribution in [0.2, 0.25) is 0 Å². The van der Waals surface area contributed by atoms with Gasteiger partial charge >= 0.3 is 0 Å². The molecule has 0 atom stereocenters. The topological polar surface area (TPSA) is 28.2 Å². The molecular weight excluding hydrogens is 273 g/mol. The predicted octanol–water partition coefficient (Wildman–Crippen LogP) is 3.17. The van der Waals surface area contributed by atoms with E-state index in [1.165, 1.54) is 23.9 Å². The van der Waals surface area contributed by atoms with E-state index >= 15 is 0 Å². The first-order chi connectivity index (χ1) is 9.72. The number of aromatic nitrogens is 1. The maximum absolute atomic E-state index is 13.4. The van der Waals surface area contributed by atoms with Crippen molar-refractivity contribution in [1.82, 2.24) is 10.3 Å². The number of halogens is 1. The Morgan fingerprint density at radius 3 is 3.05 bits per heavy atom. The number of nitrogens with one attached hydrogen (secondary N) is 1. The van der Waals surface area contributed by atoms with Crippen molar-refractivity contribution in [1.29, 1.82) is 0 Å². The molecule has 3 rings (SSSR count). The molecule has 0 amide bonds. The van der Waals surface area contributed by atoms with Crippen molar-refractivity contribution in [3.63, 3.8) is 0 Å². The Hall–Kier alpha value is -1.46. The van der Waals surface area contributed by atoms with Gasteiger partial charge in [-0.25, -0.2) is 9.37 Å². The van der Waals surface area contributed by atoms with Gasteiger partial charge in [0.1, 0.15) is 11.6 Å². The molecule has 0 saturated heterocycles. The minimum Gasteiger partial charge on any atom is -0.354 e. The number of hydrogen-bond donors (Lipinski definition) is 1. The summed E-state index contributed by atoms with van der Waals surface area (Å²) in [7, 11) is 2.00. The van der Waals surface area contributed by atoms with Crippen LogP contribution in [-0.2, 0) is 13.1 Å². The SMILES string of the molecule is CN(Cc1cccs1)c1ncc(F)cc1CNC1CC1. The number of hydrogen-bond acceptors (Lipinski definition) is 4. The normalized spacial score (nSPS) is 14.5. The van der Waals surface area contributed by atoms with Crippen LogP contribution in [0.1, 0.15) is 23.3 Å². The van der Waals surface area contributed by atoms with Gasteiger partial charge in [0.15, 0.2) is 0 Å². The molecule has 2 aromatic heterocycles. The zero-order valence-electron chi connectivity index (χ0n) is 11.5. The highest BCUT2D eigenvalue weighted by atomic mass is 32.1. The van der Waals surface area contributed by atoms with Crippen LogP contribution in [0.15, 0.2) is 29.8 Å². The van der Waals surface area contributed by atoms with Crippen LogP contribution in [0.4, 0.5) is 10.2 Å². The molecule has 106 valence electrons. The summed E-state index contributed by atoms with van der Waals surface area (Å²) in [6.45, 7) is 1.48. The molecule has 1 aliphatic carbocycles. The maximum atomic E-state index is 13.4. The van der Waals surface area contributed by atoms with E-state index in [1.54, 1.807) is 17.4 Å². The van der Waals surface area contributed by atoms with Gasteiger partial charge in [0, 0.05) is 30.1 Å². The van der Waals surface area contributed by atoms with Gasteiger partial charge in [0.2, 0.25) is 0 Å². The molecule has 1 fully saturated rings. The smallest absolute Gasteiger partial charge is 0.141 e. The second kappa shape index (κ2) is 5.89. The van der Waals surface area contributed by atoms with Gasteiger partial charge in [-0.05, 0) is 30.4 Å². The lowest BCUT2D eigenvalue weighted by molar-refractivity contribution is 0.611. The van der Waals surface area contributed by atoms with Crippen molar-refractivity contribution >= 4 is 17.2 Å². The first kappa shape index (κ1) is 13.5. The summed E-state index contributed by atoms with van der Waals surface area (Å²) in [6, 6.07) is 6.34. The van der Waals surface area contributed by atoms with Crippen LogP contribution in [-0.4, -0.2) is 18.1 Å². The van der Waals surface area contributed by atoms with Crippen molar-refractivity contribution in [2.45, 2.75) is 32.0 Å². The maximum Gasteiger partial charge on any atom is 0.141 e. The Morgan fingerprint density at radius 1 is 1.50 bits per heavy atom. The first-order valence-corrected chi connectivity index (χ1v) is 7.71.